The van der Waals surface area contributed by atoms with E-state index in [0.717, 1.165) is 0 Å². The van der Waals surface area contributed by atoms with E-state index >= 15 is 0 Å². The number of rotatable bonds is 4. The molecule has 2 heterocycles. The molecule has 0 amide bonds. The van der Waals surface area contributed by atoms with Gasteiger partial charge in [0.05, 0.1) is 12.7 Å². The lowest BCUT2D eigenvalue weighted by Crippen LogP contribution is -2.64. The summed E-state index contributed by atoms with van der Waals surface area (Å²) in [5.41, 5.74) is 0. The van der Waals surface area contributed by atoms with Gasteiger partial charge in [0.1, 0.15) is 42.7 Å². The molecule has 7 N–H and O–H groups in total. The Hall–Kier alpha value is -0.0500. The molecule has 10 atom stereocenters. The van der Waals surface area contributed by atoms with Crippen LogP contribution >= 0.6 is 12.6 Å². The molecule has 0 aliphatic carbocycles. The number of hydrogen-bond donors (Lipinski definition) is 8. The standard InChI is InChI=1S/C12H22O10S/c13-1-3-10(7(16)8(17)11(19)20-3)22-12-9(18)6(15)5(14)4(2-23)21-12/h3-19,23H,1-2H2/t3?,4?,5-,6?,7?,8?,9?,10-,11+,12-/m0/s1. The van der Waals surface area contributed by atoms with Crippen molar-refractivity contribution in [3.05, 3.63) is 0 Å². The van der Waals surface area contributed by atoms with Crippen LogP contribution in [0.4, 0.5) is 0 Å². The van der Waals surface area contributed by atoms with Gasteiger partial charge in [-0.05, 0) is 0 Å². The van der Waals surface area contributed by atoms with Gasteiger partial charge in [-0.3, -0.25) is 0 Å². The van der Waals surface area contributed by atoms with E-state index in [0.29, 0.717) is 0 Å². The normalized spacial score (nSPS) is 51.7. The summed E-state index contributed by atoms with van der Waals surface area (Å²) in [5, 5.41) is 67.7. The maximum atomic E-state index is 9.98. The number of aliphatic hydroxyl groups is 7. The van der Waals surface area contributed by atoms with Crippen LogP contribution in [0.25, 0.3) is 0 Å². The third-order valence-corrected chi connectivity index (χ3v) is 4.34. The van der Waals surface area contributed by atoms with Gasteiger partial charge in [-0.15, -0.1) is 0 Å². The van der Waals surface area contributed by atoms with Crippen molar-refractivity contribution in [1.82, 2.24) is 0 Å². The van der Waals surface area contributed by atoms with Crippen LogP contribution in [-0.4, -0.2) is 110 Å². The molecule has 0 aromatic carbocycles. The molecule has 2 fully saturated rings. The van der Waals surface area contributed by atoms with Crippen molar-refractivity contribution in [2.75, 3.05) is 12.4 Å². The number of ether oxygens (including phenoxy) is 3. The predicted octanol–water partition coefficient (Wildman–Crippen LogP) is -4.46. The van der Waals surface area contributed by atoms with Gasteiger partial charge in [0, 0.05) is 5.75 Å². The summed E-state index contributed by atoms with van der Waals surface area (Å²) in [7, 11) is 0. The quantitative estimate of drug-likeness (QED) is 0.229. The Morgan fingerprint density at radius 3 is 2.00 bits per heavy atom. The van der Waals surface area contributed by atoms with E-state index < -0.39 is 68.0 Å². The maximum Gasteiger partial charge on any atom is 0.187 e. The predicted molar refractivity (Wildman–Crippen MR) is 75.4 cm³/mol. The lowest BCUT2D eigenvalue weighted by atomic mass is 9.97. The molecular formula is C12H22O10S. The minimum Gasteiger partial charge on any atom is -0.394 e. The van der Waals surface area contributed by atoms with Crippen LogP contribution in [0.2, 0.25) is 0 Å². The molecule has 23 heavy (non-hydrogen) atoms. The highest BCUT2D eigenvalue weighted by molar-refractivity contribution is 7.80. The Bertz CT molecular complexity index is 383. The zero-order valence-corrected chi connectivity index (χ0v) is 12.9. The van der Waals surface area contributed by atoms with E-state index in [1.165, 1.54) is 0 Å². The molecule has 10 nitrogen and oxygen atoms in total. The van der Waals surface area contributed by atoms with Gasteiger partial charge in [-0.1, -0.05) is 0 Å². The molecule has 6 unspecified atom stereocenters. The van der Waals surface area contributed by atoms with E-state index in [1.54, 1.807) is 0 Å². The second-order valence-electron chi connectivity index (χ2n) is 5.53. The summed E-state index contributed by atoms with van der Waals surface area (Å²) in [6.07, 6.45) is -14.6. The largest absolute Gasteiger partial charge is 0.394 e. The molecule has 0 saturated carbocycles. The van der Waals surface area contributed by atoms with Gasteiger partial charge in [0.2, 0.25) is 0 Å². The Kier molecular flexibility index (Phi) is 6.61. The molecular weight excluding hydrogens is 336 g/mol. The lowest BCUT2D eigenvalue weighted by Gasteiger charge is -2.45. The van der Waals surface area contributed by atoms with Crippen molar-refractivity contribution in [1.29, 1.82) is 0 Å². The first-order valence-corrected chi connectivity index (χ1v) is 7.71. The highest BCUT2D eigenvalue weighted by atomic mass is 32.1. The highest BCUT2D eigenvalue weighted by Gasteiger charge is 2.49. The summed E-state index contributed by atoms with van der Waals surface area (Å²) in [4.78, 5) is 0. The first-order valence-electron chi connectivity index (χ1n) is 7.08. The minimum absolute atomic E-state index is 0.0271. The molecule has 0 aromatic rings. The van der Waals surface area contributed by atoms with Gasteiger partial charge in [-0.25, -0.2) is 0 Å². The summed E-state index contributed by atoms with van der Waals surface area (Å²) < 4.78 is 15.5. The zero-order chi connectivity index (χ0) is 17.3. The van der Waals surface area contributed by atoms with E-state index in [9.17, 15) is 35.7 Å². The molecule has 2 rings (SSSR count). The van der Waals surface area contributed by atoms with Crippen LogP contribution in [0.1, 0.15) is 0 Å². The fourth-order valence-corrected chi connectivity index (χ4v) is 2.87. The fraction of sp³-hybridized carbons (Fsp3) is 1.00. The van der Waals surface area contributed by atoms with Gasteiger partial charge in [0.15, 0.2) is 12.6 Å². The smallest absolute Gasteiger partial charge is 0.187 e. The minimum atomic E-state index is -1.71. The molecule has 11 heteroatoms. The lowest BCUT2D eigenvalue weighted by molar-refractivity contribution is -0.351. The Balaban J connectivity index is 2.11. The van der Waals surface area contributed by atoms with Crippen LogP contribution in [0.15, 0.2) is 0 Å². The Labute approximate surface area is 137 Å². The van der Waals surface area contributed by atoms with Crippen molar-refractivity contribution in [2.45, 2.75) is 61.4 Å². The first-order chi connectivity index (χ1) is 10.8. The van der Waals surface area contributed by atoms with Crippen LogP contribution in [0.5, 0.6) is 0 Å². The summed E-state index contributed by atoms with van der Waals surface area (Å²) in [5.74, 6) is 0.0271. The summed E-state index contributed by atoms with van der Waals surface area (Å²) in [6, 6.07) is 0. The fourth-order valence-electron chi connectivity index (χ4n) is 2.57. The van der Waals surface area contributed by atoms with Crippen LogP contribution in [-0.2, 0) is 14.2 Å². The third-order valence-electron chi connectivity index (χ3n) is 3.98. The summed E-state index contributed by atoms with van der Waals surface area (Å²) >= 11 is 3.96. The van der Waals surface area contributed by atoms with Crippen molar-refractivity contribution < 1.29 is 50.0 Å². The Morgan fingerprint density at radius 1 is 0.783 bits per heavy atom. The number of aliphatic hydroxyl groups excluding tert-OH is 7. The molecule has 2 aliphatic rings. The molecule has 0 aromatic heterocycles. The van der Waals surface area contributed by atoms with Crippen molar-refractivity contribution in [2.24, 2.45) is 0 Å². The van der Waals surface area contributed by atoms with Gasteiger partial charge in [-0.2, -0.15) is 12.6 Å². The van der Waals surface area contributed by atoms with Crippen molar-refractivity contribution in [3.63, 3.8) is 0 Å². The highest BCUT2D eigenvalue weighted by Crippen LogP contribution is 2.28. The number of thiol groups is 1. The van der Waals surface area contributed by atoms with E-state index in [2.05, 4.69) is 12.6 Å². The second kappa shape index (κ2) is 7.89. The molecule has 0 spiro atoms. The second-order valence-corrected chi connectivity index (χ2v) is 5.89. The third kappa shape index (κ3) is 3.80. The van der Waals surface area contributed by atoms with E-state index in [-0.39, 0.29) is 5.75 Å². The van der Waals surface area contributed by atoms with Crippen molar-refractivity contribution in [3.8, 4) is 0 Å². The molecule has 0 radical (unpaired) electrons. The number of hydrogen-bond acceptors (Lipinski definition) is 11. The SMILES string of the molecule is OCC1O[C@@H](O)C(O)C(O)[C@H]1O[C@@H]1OC(CS)[C@H](O)C(O)C1O. The Morgan fingerprint density at radius 2 is 1.43 bits per heavy atom. The van der Waals surface area contributed by atoms with Gasteiger partial charge in [0.25, 0.3) is 0 Å². The van der Waals surface area contributed by atoms with Crippen LogP contribution in [0.3, 0.4) is 0 Å². The molecule has 2 saturated heterocycles. The maximum absolute atomic E-state index is 9.98. The zero-order valence-electron chi connectivity index (χ0n) is 12.0. The van der Waals surface area contributed by atoms with Gasteiger partial charge < -0.3 is 50.0 Å². The van der Waals surface area contributed by atoms with E-state index in [1.807, 2.05) is 0 Å². The van der Waals surface area contributed by atoms with Crippen molar-refractivity contribution >= 4 is 12.6 Å². The summed E-state index contributed by atoms with van der Waals surface area (Å²) in [6.45, 7) is -0.643. The monoisotopic (exact) mass is 358 g/mol. The molecule has 0 bridgehead atoms. The molecule has 136 valence electrons. The molecule has 2 aliphatic heterocycles. The van der Waals surface area contributed by atoms with Crippen LogP contribution < -0.4 is 0 Å². The van der Waals surface area contributed by atoms with Crippen LogP contribution in [0, 0.1) is 0 Å². The average molecular weight is 358 g/mol. The average Bonchev–Trinajstić information content (AvgIpc) is 2.55. The first kappa shape index (κ1) is 19.3. The van der Waals surface area contributed by atoms with Gasteiger partial charge >= 0.3 is 0 Å². The van der Waals surface area contributed by atoms with E-state index in [4.69, 9.17) is 14.2 Å². The topological polar surface area (TPSA) is 169 Å².